The molecule has 0 amide bonds. The van der Waals surface area contributed by atoms with Gasteiger partial charge in [-0.15, -0.1) is 0 Å². The second-order valence-corrected chi connectivity index (χ2v) is 6.59. The summed E-state index contributed by atoms with van der Waals surface area (Å²) >= 11 is 0. The van der Waals surface area contributed by atoms with Crippen molar-refractivity contribution in [3.63, 3.8) is 0 Å². The molecule has 0 saturated heterocycles. The third kappa shape index (κ3) is 1.29. The lowest BCUT2D eigenvalue weighted by Crippen LogP contribution is -2.51. The molecule has 4 nitrogen and oxygen atoms in total. The topological polar surface area (TPSA) is 60.2 Å². The summed E-state index contributed by atoms with van der Waals surface area (Å²) in [4.78, 5) is 10.8. The van der Waals surface area contributed by atoms with Crippen LogP contribution in [0, 0.1) is 22.0 Å². The van der Waals surface area contributed by atoms with E-state index < -0.39 is 21.6 Å². The van der Waals surface area contributed by atoms with E-state index in [1.165, 1.54) is 0 Å². The first-order valence-electron chi connectivity index (χ1n) is 5.22. The number of nitrogens with zero attached hydrogens (tertiary/aromatic N) is 1. The first-order valence-corrected chi connectivity index (χ1v) is 6.54. The van der Waals surface area contributed by atoms with Crippen molar-refractivity contribution in [2.45, 2.75) is 31.1 Å². The fourth-order valence-corrected chi connectivity index (χ4v) is 4.68. The highest BCUT2D eigenvalue weighted by atomic mass is 32.2. The quantitative estimate of drug-likeness (QED) is 0.417. The van der Waals surface area contributed by atoms with Crippen molar-refractivity contribution in [3.8, 4) is 0 Å². The Morgan fingerprint density at radius 2 is 2.27 bits per heavy atom. The van der Waals surface area contributed by atoms with Crippen LogP contribution in [0.15, 0.2) is 12.2 Å². The second-order valence-electron chi connectivity index (χ2n) is 4.44. The molecule has 0 aliphatic heterocycles. The normalized spacial score (nSPS) is 44.5. The summed E-state index contributed by atoms with van der Waals surface area (Å²) in [5.74, 6) is 0.613. The predicted octanol–water partition coefficient (Wildman–Crippen LogP) is 1.36. The monoisotopic (exact) mass is 229 g/mol. The van der Waals surface area contributed by atoms with E-state index in [0.29, 0.717) is 5.75 Å². The van der Waals surface area contributed by atoms with Crippen LogP contribution in [0.4, 0.5) is 0 Å². The molecule has 0 radical (unpaired) electrons. The van der Waals surface area contributed by atoms with Crippen LogP contribution in [0.25, 0.3) is 0 Å². The van der Waals surface area contributed by atoms with Gasteiger partial charge in [0.05, 0.1) is 0 Å². The highest BCUT2D eigenvalue weighted by Crippen LogP contribution is 2.50. The SMILES string of the molecule is CC[S@](=O)[C@@]1(C)[C@@H]2C=C[C@@H](C2)[C@@H]1[N+](=O)[O-]. The van der Waals surface area contributed by atoms with Gasteiger partial charge in [-0.2, -0.15) is 0 Å². The Morgan fingerprint density at radius 1 is 1.60 bits per heavy atom. The van der Waals surface area contributed by atoms with Crippen molar-refractivity contribution in [3.05, 3.63) is 22.3 Å². The Bertz CT molecular complexity index is 355. The van der Waals surface area contributed by atoms with Crippen LogP contribution < -0.4 is 0 Å². The standard InChI is InChI=1S/C10H15NO3S/c1-3-15(14)10(2)8-5-4-7(6-8)9(10)11(12)13/h4-5,7-9H,3,6H2,1-2H3/t7-,8+,9-,10-,15-/m0/s1. The molecule has 2 bridgehead atoms. The summed E-state index contributed by atoms with van der Waals surface area (Å²) in [6.07, 6.45) is 4.73. The van der Waals surface area contributed by atoms with Gasteiger partial charge in [0, 0.05) is 33.3 Å². The highest BCUT2D eigenvalue weighted by molar-refractivity contribution is 7.86. The molecule has 0 unspecified atom stereocenters. The predicted molar refractivity (Wildman–Crippen MR) is 58.6 cm³/mol. The van der Waals surface area contributed by atoms with Gasteiger partial charge in [0.2, 0.25) is 6.04 Å². The molecule has 0 aromatic carbocycles. The van der Waals surface area contributed by atoms with Crippen molar-refractivity contribution in [2.24, 2.45) is 11.8 Å². The van der Waals surface area contributed by atoms with Gasteiger partial charge in [-0.3, -0.25) is 14.3 Å². The Balaban J connectivity index is 2.41. The van der Waals surface area contributed by atoms with E-state index in [0.717, 1.165) is 6.42 Å². The third-order valence-corrected chi connectivity index (χ3v) is 5.88. The lowest BCUT2D eigenvalue weighted by atomic mass is 9.90. The van der Waals surface area contributed by atoms with Crippen molar-refractivity contribution in [1.29, 1.82) is 0 Å². The van der Waals surface area contributed by atoms with Crippen LogP contribution in [0.1, 0.15) is 20.3 Å². The van der Waals surface area contributed by atoms with E-state index in [4.69, 9.17) is 0 Å². The zero-order valence-electron chi connectivity index (χ0n) is 8.88. The summed E-state index contributed by atoms with van der Waals surface area (Å²) in [5, 5.41) is 11.1. The smallest absolute Gasteiger partial charge is 0.236 e. The summed E-state index contributed by atoms with van der Waals surface area (Å²) in [6.45, 7) is 3.64. The molecule has 0 N–H and O–H groups in total. The first-order chi connectivity index (χ1) is 7.01. The van der Waals surface area contributed by atoms with Crippen molar-refractivity contribution < 1.29 is 9.13 Å². The molecule has 1 saturated carbocycles. The Hall–Kier alpha value is -0.710. The van der Waals surface area contributed by atoms with Crippen LogP contribution in [0.3, 0.4) is 0 Å². The van der Waals surface area contributed by atoms with E-state index in [-0.39, 0.29) is 16.8 Å². The summed E-state index contributed by atoms with van der Waals surface area (Å²) in [6, 6.07) is -0.659. The summed E-state index contributed by atoms with van der Waals surface area (Å²) in [7, 11) is -1.11. The van der Waals surface area contributed by atoms with Gasteiger partial charge >= 0.3 is 0 Å². The van der Waals surface area contributed by atoms with E-state index in [2.05, 4.69) is 0 Å². The lowest BCUT2D eigenvalue weighted by molar-refractivity contribution is -0.531. The second kappa shape index (κ2) is 3.40. The molecule has 0 aromatic heterocycles. The highest BCUT2D eigenvalue weighted by Gasteiger charge is 2.62. The van der Waals surface area contributed by atoms with Gasteiger partial charge in [0.25, 0.3) is 0 Å². The summed E-state index contributed by atoms with van der Waals surface area (Å²) < 4.78 is 11.4. The maximum Gasteiger partial charge on any atom is 0.236 e. The Morgan fingerprint density at radius 3 is 2.80 bits per heavy atom. The van der Waals surface area contributed by atoms with E-state index in [1.807, 2.05) is 26.0 Å². The number of hydrogen-bond acceptors (Lipinski definition) is 3. The van der Waals surface area contributed by atoms with Crippen LogP contribution in [-0.4, -0.2) is 25.7 Å². The van der Waals surface area contributed by atoms with Crippen LogP contribution in [-0.2, 0) is 10.8 Å². The molecule has 5 heteroatoms. The molecule has 0 aromatic rings. The number of fused-ring (bicyclic) bond motifs is 2. The number of nitro groups is 1. The maximum atomic E-state index is 12.0. The third-order valence-electron chi connectivity index (χ3n) is 3.83. The summed E-state index contributed by atoms with van der Waals surface area (Å²) in [5.41, 5.74) is 0. The van der Waals surface area contributed by atoms with Gasteiger partial charge < -0.3 is 0 Å². The number of rotatable bonds is 3. The minimum Gasteiger partial charge on any atom is -0.264 e. The maximum absolute atomic E-state index is 12.0. The molecule has 0 spiro atoms. The van der Waals surface area contributed by atoms with Gasteiger partial charge in [0.15, 0.2) is 0 Å². The molecule has 84 valence electrons. The molecule has 2 rings (SSSR count). The van der Waals surface area contributed by atoms with Crippen molar-refractivity contribution in [1.82, 2.24) is 0 Å². The molecule has 2 aliphatic carbocycles. The van der Waals surface area contributed by atoms with Crippen molar-refractivity contribution in [2.75, 3.05) is 5.75 Å². The zero-order valence-corrected chi connectivity index (χ0v) is 9.70. The van der Waals surface area contributed by atoms with Gasteiger partial charge in [-0.25, -0.2) is 0 Å². The van der Waals surface area contributed by atoms with Crippen LogP contribution in [0.2, 0.25) is 0 Å². The molecule has 1 fully saturated rings. The van der Waals surface area contributed by atoms with E-state index in [9.17, 15) is 14.3 Å². The number of hydrogen-bond donors (Lipinski definition) is 0. The van der Waals surface area contributed by atoms with Gasteiger partial charge in [-0.1, -0.05) is 19.1 Å². The average molecular weight is 229 g/mol. The fourth-order valence-electron chi connectivity index (χ4n) is 3.01. The Kier molecular flexibility index (Phi) is 2.45. The lowest BCUT2D eigenvalue weighted by Gasteiger charge is -2.31. The molecule has 2 aliphatic rings. The molecule has 5 atom stereocenters. The van der Waals surface area contributed by atoms with Gasteiger partial charge in [0.1, 0.15) is 4.75 Å². The minimum absolute atomic E-state index is 0.00880. The number of allylic oxidation sites excluding steroid dienone is 1. The molecule has 15 heavy (non-hydrogen) atoms. The van der Waals surface area contributed by atoms with Crippen LogP contribution >= 0.6 is 0 Å². The molecule has 0 heterocycles. The largest absolute Gasteiger partial charge is 0.264 e. The fraction of sp³-hybridized carbons (Fsp3) is 0.800. The van der Waals surface area contributed by atoms with Crippen molar-refractivity contribution >= 4 is 10.8 Å². The molecular formula is C10H15NO3S. The average Bonchev–Trinajstić information content (AvgIpc) is 2.74. The van der Waals surface area contributed by atoms with Crippen LogP contribution in [0.5, 0.6) is 0 Å². The van der Waals surface area contributed by atoms with E-state index >= 15 is 0 Å². The van der Waals surface area contributed by atoms with E-state index in [1.54, 1.807) is 0 Å². The Labute approximate surface area is 91.3 Å². The first kappa shape index (κ1) is 10.8. The minimum atomic E-state index is -1.11. The molecular weight excluding hydrogens is 214 g/mol. The van der Waals surface area contributed by atoms with Gasteiger partial charge in [-0.05, 0) is 13.3 Å². The zero-order chi connectivity index (χ0) is 11.2.